The van der Waals surface area contributed by atoms with E-state index in [4.69, 9.17) is 0 Å². The van der Waals surface area contributed by atoms with Gasteiger partial charge in [-0.2, -0.15) is 5.10 Å². The molecule has 5 nitrogen and oxygen atoms in total. The van der Waals surface area contributed by atoms with Gasteiger partial charge in [0.15, 0.2) is 0 Å². The van der Waals surface area contributed by atoms with Crippen LogP contribution in [0.3, 0.4) is 0 Å². The highest BCUT2D eigenvalue weighted by molar-refractivity contribution is 14.0. The first-order valence-corrected chi connectivity index (χ1v) is 7.81. The number of likely N-dealkylation sites (tertiary alicyclic amines) is 1. The molecule has 4 unspecified atom stereocenters. The summed E-state index contributed by atoms with van der Waals surface area (Å²) in [5.41, 5.74) is 2.19. The molecule has 2 heterocycles. The van der Waals surface area contributed by atoms with Crippen LogP contribution in [0.4, 0.5) is 0 Å². The van der Waals surface area contributed by atoms with Gasteiger partial charge in [-0.3, -0.25) is 14.4 Å². The lowest BCUT2D eigenvalue weighted by molar-refractivity contribution is -0.149. The van der Waals surface area contributed by atoms with E-state index in [2.05, 4.69) is 36.8 Å². The Bertz CT molecular complexity index is 517. The van der Waals surface area contributed by atoms with Crippen LogP contribution in [0, 0.1) is 25.7 Å². The van der Waals surface area contributed by atoms with Gasteiger partial charge in [-0.25, -0.2) is 0 Å². The Balaban J connectivity index is 0.00000242. The minimum Gasteiger partial charge on any atom is -0.481 e. The molecule has 0 aliphatic carbocycles. The van der Waals surface area contributed by atoms with E-state index < -0.39 is 5.97 Å². The molecule has 1 aromatic rings. The van der Waals surface area contributed by atoms with E-state index in [-0.39, 0.29) is 41.9 Å². The molecule has 0 amide bonds. The maximum Gasteiger partial charge on any atom is 0.308 e. The third-order valence-corrected chi connectivity index (χ3v) is 4.89. The number of carboxylic acid groups (broad SMARTS) is 1. The van der Waals surface area contributed by atoms with Crippen molar-refractivity contribution in [2.24, 2.45) is 11.8 Å². The standard InChI is InChI=1S/C16H27N3O2.HI/c1-10-8-12(3)18(14(5)15(10)16(20)21)6-7-19-13(4)9-11(2)17-19;/h9-10,12,14-15H,6-8H2,1-5H3,(H,20,21);1H. The third kappa shape index (κ3) is 4.01. The molecular weight excluding hydrogens is 393 g/mol. The second-order valence-electron chi connectivity index (χ2n) is 6.55. The number of piperidine rings is 1. The molecule has 1 N–H and O–H groups in total. The van der Waals surface area contributed by atoms with Gasteiger partial charge in [0.1, 0.15) is 0 Å². The molecule has 6 heteroatoms. The van der Waals surface area contributed by atoms with Crippen molar-refractivity contribution in [1.29, 1.82) is 0 Å². The molecule has 2 rings (SSSR count). The Hall–Kier alpha value is -0.630. The fourth-order valence-corrected chi connectivity index (χ4v) is 3.89. The molecule has 0 radical (unpaired) electrons. The summed E-state index contributed by atoms with van der Waals surface area (Å²) in [4.78, 5) is 13.8. The number of nitrogens with zero attached hydrogens (tertiary/aromatic N) is 3. The number of aryl methyl sites for hydroxylation is 2. The Morgan fingerprint density at radius 3 is 2.45 bits per heavy atom. The van der Waals surface area contributed by atoms with E-state index in [1.54, 1.807) is 0 Å². The van der Waals surface area contributed by atoms with E-state index in [0.29, 0.717) is 6.04 Å². The molecular formula is C16H28IN3O2. The van der Waals surface area contributed by atoms with E-state index in [9.17, 15) is 9.90 Å². The topological polar surface area (TPSA) is 58.4 Å². The maximum atomic E-state index is 11.5. The van der Waals surface area contributed by atoms with Gasteiger partial charge in [-0.15, -0.1) is 24.0 Å². The molecule has 1 aliphatic heterocycles. The van der Waals surface area contributed by atoms with Crippen molar-refractivity contribution in [3.63, 3.8) is 0 Å². The average Bonchev–Trinajstić information content (AvgIpc) is 2.66. The summed E-state index contributed by atoms with van der Waals surface area (Å²) in [6.45, 7) is 12.0. The SMILES string of the molecule is Cc1cc(C)n(CCN2C(C)CC(C)C(C(=O)O)C2C)n1.I. The van der Waals surface area contributed by atoms with Gasteiger partial charge in [0.25, 0.3) is 0 Å². The minimum absolute atomic E-state index is 0. The summed E-state index contributed by atoms with van der Waals surface area (Å²) in [5, 5.41) is 14.0. The Kier molecular flexibility index (Phi) is 6.85. The highest BCUT2D eigenvalue weighted by Crippen LogP contribution is 2.32. The number of carbonyl (C=O) groups is 1. The average molecular weight is 421 g/mol. The second kappa shape index (κ2) is 7.77. The van der Waals surface area contributed by atoms with Crippen LogP contribution in [0.5, 0.6) is 0 Å². The van der Waals surface area contributed by atoms with Crippen molar-refractivity contribution in [2.45, 2.75) is 59.7 Å². The molecule has 0 aromatic carbocycles. The van der Waals surface area contributed by atoms with Gasteiger partial charge < -0.3 is 5.11 Å². The number of rotatable bonds is 4. The Morgan fingerprint density at radius 2 is 1.95 bits per heavy atom. The van der Waals surface area contributed by atoms with Crippen LogP contribution in [0.15, 0.2) is 6.07 Å². The van der Waals surface area contributed by atoms with E-state index >= 15 is 0 Å². The zero-order valence-electron chi connectivity index (χ0n) is 14.1. The monoisotopic (exact) mass is 421 g/mol. The van der Waals surface area contributed by atoms with Crippen molar-refractivity contribution in [3.05, 3.63) is 17.5 Å². The lowest BCUT2D eigenvalue weighted by atomic mass is 9.78. The lowest BCUT2D eigenvalue weighted by Gasteiger charge is -2.45. The summed E-state index contributed by atoms with van der Waals surface area (Å²) in [6.07, 6.45) is 0.943. The first-order valence-electron chi connectivity index (χ1n) is 7.81. The summed E-state index contributed by atoms with van der Waals surface area (Å²) >= 11 is 0. The summed E-state index contributed by atoms with van der Waals surface area (Å²) in [6, 6.07) is 2.56. The number of aliphatic carboxylic acids is 1. The van der Waals surface area contributed by atoms with Crippen molar-refractivity contribution < 1.29 is 9.90 Å². The molecule has 1 aromatic heterocycles. The number of hydrogen-bond acceptors (Lipinski definition) is 3. The Morgan fingerprint density at radius 1 is 1.32 bits per heavy atom. The van der Waals surface area contributed by atoms with Gasteiger partial charge in [-0.05, 0) is 46.1 Å². The van der Waals surface area contributed by atoms with Crippen LogP contribution in [0.25, 0.3) is 0 Å². The number of carboxylic acids is 1. The molecule has 22 heavy (non-hydrogen) atoms. The zero-order valence-corrected chi connectivity index (χ0v) is 16.4. The molecule has 1 fully saturated rings. The molecule has 0 spiro atoms. The number of halogens is 1. The van der Waals surface area contributed by atoms with Crippen molar-refractivity contribution in [3.8, 4) is 0 Å². The van der Waals surface area contributed by atoms with Crippen LogP contribution in [0.1, 0.15) is 38.6 Å². The van der Waals surface area contributed by atoms with E-state index in [1.165, 1.54) is 0 Å². The van der Waals surface area contributed by atoms with E-state index in [0.717, 1.165) is 30.9 Å². The zero-order chi connectivity index (χ0) is 15.7. The number of hydrogen-bond donors (Lipinski definition) is 1. The molecule has 1 saturated heterocycles. The van der Waals surface area contributed by atoms with Crippen LogP contribution in [-0.2, 0) is 11.3 Å². The quantitative estimate of drug-likeness (QED) is 0.760. The van der Waals surface area contributed by atoms with Crippen LogP contribution in [0.2, 0.25) is 0 Å². The maximum absolute atomic E-state index is 11.5. The third-order valence-electron chi connectivity index (χ3n) is 4.89. The van der Waals surface area contributed by atoms with Crippen LogP contribution < -0.4 is 0 Å². The summed E-state index contributed by atoms with van der Waals surface area (Å²) in [5.74, 6) is -0.711. The molecule has 0 saturated carbocycles. The van der Waals surface area contributed by atoms with Crippen molar-refractivity contribution in [2.75, 3.05) is 6.54 Å². The van der Waals surface area contributed by atoms with E-state index in [1.807, 2.05) is 18.5 Å². The van der Waals surface area contributed by atoms with Gasteiger partial charge >= 0.3 is 5.97 Å². The first-order chi connectivity index (χ1) is 9.81. The predicted molar refractivity (Wildman–Crippen MR) is 97.7 cm³/mol. The highest BCUT2D eigenvalue weighted by Gasteiger charge is 2.40. The Labute approximate surface area is 150 Å². The molecule has 1 aliphatic rings. The van der Waals surface area contributed by atoms with Gasteiger partial charge in [-0.1, -0.05) is 6.92 Å². The summed E-state index contributed by atoms with van der Waals surface area (Å²) in [7, 11) is 0. The normalized spacial score (nSPS) is 29.1. The highest BCUT2D eigenvalue weighted by atomic mass is 127. The molecule has 4 atom stereocenters. The minimum atomic E-state index is -0.669. The fraction of sp³-hybridized carbons (Fsp3) is 0.750. The predicted octanol–water partition coefficient (Wildman–Crippen LogP) is 2.94. The largest absolute Gasteiger partial charge is 0.481 e. The van der Waals surface area contributed by atoms with Crippen LogP contribution >= 0.6 is 24.0 Å². The van der Waals surface area contributed by atoms with Crippen molar-refractivity contribution in [1.82, 2.24) is 14.7 Å². The van der Waals surface area contributed by atoms with Gasteiger partial charge in [0, 0.05) is 24.3 Å². The van der Waals surface area contributed by atoms with Gasteiger partial charge in [0.05, 0.1) is 18.2 Å². The molecule has 0 bridgehead atoms. The second-order valence-corrected chi connectivity index (χ2v) is 6.55. The number of aromatic nitrogens is 2. The summed E-state index contributed by atoms with van der Waals surface area (Å²) < 4.78 is 2.02. The lowest BCUT2D eigenvalue weighted by Crippen LogP contribution is -2.54. The fourth-order valence-electron chi connectivity index (χ4n) is 3.89. The molecule has 126 valence electrons. The van der Waals surface area contributed by atoms with Crippen LogP contribution in [-0.4, -0.2) is 44.4 Å². The first kappa shape index (κ1) is 19.4. The van der Waals surface area contributed by atoms with Gasteiger partial charge in [0.2, 0.25) is 0 Å². The smallest absolute Gasteiger partial charge is 0.308 e. The van der Waals surface area contributed by atoms with Crippen molar-refractivity contribution >= 4 is 29.9 Å².